The van der Waals surface area contributed by atoms with Crippen LogP contribution in [-0.2, 0) is 16.6 Å². The fourth-order valence-electron chi connectivity index (χ4n) is 3.58. The lowest BCUT2D eigenvalue weighted by molar-refractivity contribution is 0.306. The first-order chi connectivity index (χ1) is 14.9. The zero-order chi connectivity index (χ0) is 22.3. The smallest absolute Gasteiger partial charge is 0.213 e. The van der Waals surface area contributed by atoms with Gasteiger partial charge in [0, 0.05) is 38.3 Å². The summed E-state index contributed by atoms with van der Waals surface area (Å²) < 4.78 is 31.8. The number of piperidine rings is 1. The van der Waals surface area contributed by atoms with Crippen LogP contribution in [0.1, 0.15) is 30.9 Å². The molecule has 0 atom stereocenters. The van der Waals surface area contributed by atoms with Crippen molar-refractivity contribution in [2.24, 2.45) is 4.99 Å². The van der Waals surface area contributed by atoms with Crippen LogP contribution in [-0.4, -0.2) is 50.6 Å². The molecule has 0 aliphatic carbocycles. The summed E-state index contributed by atoms with van der Waals surface area (Å²) in [5, 5.41) is 6.77. The van der Waals surface area contributed by atoms with Gasteiger partial charge in [-0.3, -0.25) is 4.99 Å². The fraction of sp³-hybridized carbons (Fsp3) is 0.435. The maximum absolute atomic E-state index is 12.0. The molecule has 0 aromatic heterocycles. The highest BCUT2D eigenvalue weighted by Crippen LogP contribution is 2.25. The normalized spacial score (nSPS) is 16.2. The Balaban J connectivity index is 1.56. The monoisotopic (exact) mass is 444 g/mol. The van der Waals surface area contributed by atoms with Gasteiger partial charge >= 0.3 is 0 Å². The minimum atomic E-state index is -3.11. The second-order valence-corrected chi connectivity index (χ2v) is 9.93. The molecule has 1 saturated heterocycles. The molecule has 0 radical (unpaired) electrons. The third-order valence-corrected chi connectivity index (χ3v) is 7.29. The number of benzene rings is 2. The molecule has 2 aromatic carbocycles. The Morgan fingerprint density at radius 3 is 2.58 bits per heavy atom. The van der Waals surface area contributed by atoms with Gasteiger partial charge in [-0.25, -0.2) is 12.7 Å². The third kappa shape index (κ3) is 6.45. The average Bonchev–Trinajstić information content (AvgIpc) is 2.78. The van der Waals surface area contributed by atoms with E-state index in [4.69, 9.17) is 4.74 Å². The van der Waals surface area contributed by atoms with Crippen LogP contribution in [0.5, 0.6) is 11.5 Å². The van der Waals surface area contributed by atoms with Crippen molar-refractivity contribution in [3.05, 3.63) is 59.7 Å². The van der Waals surface area contributed by atoms with Crippen molar-refractivity contribution in [1.29, 1.82) is 0 Å². The van der Waals surface area contributed by atoms with Gasteiger partial charge < -0.3 is 15.4 Å². The SMILES string of the molecule is CCS(=O)(=O)N1CCC(NC(=NC)NCc2ccccc2Oc2cccc(C)c2)CC1. The van der Waals surface area contributed by atoms with Crippen LogP contribution in [0.2, 0.25) is 0 Å². The summed E-state index contributed by atoms with van der Waals surface area (Å²) in [5.41, 5.74) is 2.17. The van der Waals surface area contributed by atoms with Gasteiger partial charge in [-0.1, -0.05) is 30.3 Å². The molecule has 1 fully saturated rings. The average molecular weight is 445 g/mol. The molecule has 2 N–H and O–H groups in total. The predicted octanol–water partition coefficient (Wildman–Crippen LogP) is 3.27. The maximum Gasteiger partial charge on any atom is 0.213 e. The van der Waals surface area contributed by atoms with E-state index in [0.717, 1.165) is 35.5 Å². The molecule has 0 bridgehead atoms. The van der Waals surface area contributed by atoms with Gasteiger partial charge in [-0.15, -0.1) is 0 Å². The van der Waals surface area contributed by atoms with E-state index in [0.29, 0.717) is 25.6 Å². The van der Waals surface area contributed by atoms with Gasteiger partial charge in [0.2, 0.25) is 10.0 Å². The molecule has 1 aliphatic heterocycles. The number of nitrogens with zero attached hydrogens (tertiary/aromatic N) is 2. The summed E-state index contributed by atoms with van der Waals surface area (Å²) in [5.74, 6) is 2.46. The zero-order valence-corrected chi connectivity index (χ0v) is 19.3. The lowest BCUT2D eigenvalue weighted by Gasteiger charge is -2.32. The van der Waals surface area contributed by atoms with E-state index in [1.807, 2.05) is 55.5 Å². The fourth-order valence-corrected chi connectivity index (χ4v) is 4.72. The molecule has 7 nitrogen and oxygen atoms in total. The van der Waals surface area contributed by atoms with Crippen LogP contribution < -0.4 is 15.4 Å². The Morgan fingerprint density at radius 2 is 1.90 bits per heavy atom. The number of rotatable bonds is 7. The molecule has 2 aromatic rings. The highest BCUT2D eigenvalue weighted by Gasteiger charge is 2.27. The van der Waals surface area contributed by atoms with Crippen molar-refractivity contribution in [2.45, 2.75) is 39.3 Å². The number of hydrogen-bond acceptors (Lipinski definition) is 4. The summed E-state index contributed by atoms with van der Waals surface area (Å²) in [6.07, 6.45) is 1.51. The van der Waals surface area contributed by atoms with Crippen molar-refractivity contribution >= 4 is 16.0 Å². The van der Waals surface area contributed by atoms with Crippen LogP contribution in [0.4, 0.5) is 0 Å². The van der Waals surface area contributed by atoms with E-state index >= 15 is 0 Å². The van der Waals surface area contributed by atoms with E-state index in [1.165, 1.54) is 0 Å². The number of hydrogen-bond donors (Lipinski definition) is 2. The van der Waals surface area contributed by atoms with E-state index in [9.17, 15) is 8.42 Å². The first kappa shape index (κ1) is 23.1. The van der Waals surface area contributed by atoms with Gasteiger partial charge in [-0.2, -0.15) is 0 Å². The zero-order valence-electron chi connectivity index (χ0n) is 18.5. The number of nitrogens with one attached hydrogen (secondary N) is 2. The van der Waals surface area contributed by atoms with Crippen LogP contribution in [0.15, 0.2) is 53.5 Å². The Morgan fingerprint density at radius 1 is 1.16 bits per heavy atom. The largest absolute Gasteiger partial charge is 0.457 e. The summed E-state index contributed by atoms with van der Waals surface area (Å²) in [7, 11) is -1.38. The van der Waals surface area contributed by atoms with Crippen LogP contribution >= 0.6 is 0 Å². The quantitative estimate of drug-likeness (QED) is 0.506. The highest BCUT2D eigenvalue weighted by molar-refractivity contribution is 7.89. The number of guanidine groups is 1. The lowest BCUT2D eigenvalue weighted by Crippen LogP contribution is -2.49. The van der Waals surface area contributed by atoms with Crippen molar-refractivity contribution in [2.75, 3.05) is 25.9 Å². The first-order valence-corrected chi connectivity index (χ1v) is 12.3. The minimum Gasteiger partial charge on any atom is -0.457 e. The Labute approximate surface area is 185 Å². The van der Waals surface area contributed by atoms with Crippen molar-refractivity contribution in [3.63, 3.8) is 0 Å². The van der Waals surface area contributed by atoms with Gasteiger partial charge in [-0.05, 0) is 50.5 Å². The van der Waals surface area contributed by atoms with Crippen LogP contribution in [0.3, 0.4) is 0 Å². The molecule has 0 spiro atoms. The second-order valence-electron chi connectivity index (χ2n) is 7.67. The summed E-state index contributed by atoms with van der Waals surface area (Å²) in [4.78, 5) is 4.33. The van der Waals surface area contributed by atoms with Gasteiger partial charge in [0.1, 0.15) is 11.5 Å². The van der Waals surface area contributed by atoms with Gasteiger partial charge in [0.25, 0.3) is 0 Å². The summed E-state index contributed by atoms with van der Waals surface area (Å²) in [6.45, 7) is 5.37. The van der Waals surface area contributed by atoms with E-state index in [2.05, 4.69) is 15.6 Å². The van der Waals surface area contributed by atoms with Crippen LogP contribution in [0, 0.1) is 6.92 Å². The number of sulfonamides is 1. The van der Waals surface area contributed by atoms with Crippen molar-refractivity contribution < 1.29 is 13.2 Å². The van der Waals surface area contributed by atoms with E-state index in [-0.39, 0.29) is 11.8 Å². The molecular weight excluding hydrogens is 412 g/mol. The van der Waals surface area contributed by atoms with Gasteiger partial charge in [0.05, 0.1) is 5.75 Å². The summed E-state index contributed by atoms with van der Waals surface area (Å²) >= 11 is 0. The van der Waals surface area contributed by atoms with Gasteiger partial charge in [0.15, 0.2) is 5.96 Å². The van der Waals surface area contributed by atoms with Crippen molar-refractivity contribution in [1.82, 2.24) is 14.9 Å². The molecule has 3 rings (SSSR count). The number of aryl methyl sites for hydroxylation is 1. The highest BCUT2D eigenvalue weighted by atomic mass is 32.2. The molecule has 0 saturated carbocycles. The molecule has 31 heavy (non-hydrogen) atoms. The number of para-hydroxylation sites is 1. The standard InChI is InChI=1S/C23H32N4O3S/c1-4-31(28,29)27-14-12-20(13-15-27)26-23(24-3)25-17-19-9-5-6-11-22(19)30-21-10-7-8-18(2)16-21/h5-11,16,20H,4,12-15,17H2,1-3H3,(H2,24,25,26). The third-order valence-electron chi connectivity index (χ3n) is 5.41. The second kappa shape index (κ2) is 10.6. The number of aliphatic imine (C=N–C) groups is 1. The van der Waals surface area contributed by atoms with Crippen molar-refractivity contribution in [3.8, 4) is 11.5 Å². The maximum atomic E-state index is 12.0. The number of ether oxygens (including phenoxy) is 1. The molecular formula is C23H32N4O3S. The topological polar surface area (TPSA) is 83.0 Å². The van der Waals surface area contributed by atoms with Crippen LogP contribution in [0.25, 0.3) is 0 Å². The minimum absolute atomic E-state index is 0.151. The summed E-state index contributed by atoms with van der Waals surface area (Å²) in [6, 6.07) is 16.1. The first-order valence-electron chi connectivity index (χ1n) is 10.7. The van der Waals surface area contributed by atoms with E-state index in [1.54, 1.807) is 18.3 Å². The molecule has 1 aliphatic rings. The predicted molar refractivity (Wildman–Crippen MR) is 125 cm³/mol. The molecule has 0 unspecified atom stereocenters. The Hall–Kier alpha value is -2.58. The molecule has 1 heterocycles. The molecule has 8 heteroatoms. The Kier molecular flexibility index (Phi) is 7.92. The lowest BCUT2D eigenvalue weighted by atomic mass is 10.1. The molecule has 168 valence electrons. The van der Waals surface area contributed by atoms with E-state index < -0.39 is 10.0 Å². The Bertz CT molecular complexity index is 999. The molecule has 0 amide bonds.